The molecule has 0 saturated carbocycles. The second-order valence-corrected chi connectivity index (χ2v) is 3.64. The van der Waals surface area contributed by atoms with Crippen LogP contribution in [0.4, 0.5) is 0 Å². The Balaban J connectivity index is 2.91. The van der Waals surface area contributed by atoms with Crippen molar-refractivity contribution >= 4 is 45.0 Å². The topological polar surface area (TPSA) is 25.8 Å². The van der Waals surface area contributed by atoms with Crippen molar-refractivity contribution in [3.8, 4) is 0 Å². The van der Waals surface area contributed by atoms with Crippen molar-refractivity contribution in [2.75, 3.05) is 0 Å². The van der Waals surface area contributed by atoms with E-state index in [1.54, 1.807) is 12.1 Å². The molecule has 2 nitrogen and oxygen atoms in total. The van der Waals surface area contributed by atoms with Crippen LogP contribution in [0.2, 0.25) is 10.0 Å². The van der Waals surface area contributed by atoms with Crippen LogP contribution >= 0.6 is 34.7 Å². The third-order valence-electron chi connectivity index (χ3n) is 1.27. The first-order chi connectivity index (χ1) is 5.27. The van der Waals surface area contributed by atoms with Crippen LogP contribution in [-0.4, -0.2) is 9.59 Å². The van der Waals surface area contributed by atoms with Gasteiger partial charge < -0.3 is 0 Å². The van der Waals surface area contributed by atoms with Gasteiger partial charge in [-0.2, -0.15) is 0 Å². The first-order valence-corrected chi connectivity index (χ1v) is 4.37. The van der Waals surface area contributed by atoms with Gasteiger partial charge in [-0.05, 0) is 23.7 Å². The van der Waals surface area contributed by atoms with Crippen LogP contribution in [0.5, 0.6) is 0 Å². The Morgan fingerprint density at radius 2 is 2.09 bits per heavy atom. The van der Waals surface area contributed by atoms with E-state index in [9.17, 15) is 0 Å². The van der Waals surface area contributed by atoms with Crippen molar-refractivity contribution in [3.63, 3.8) is 0 Å². The fourth-order valence-corrected chi connectivity index (χ4v) is 2.09. The molecule has 2 aromatic rings. The maximum absolute atomic E-state index is 5.82. The van der Waals surface area contributed by atoms with Crippen molar-refractivity contribution in [2.45, 2.75) is 0 Å². The van der Waals surface area contributed by atoms with E-state index in [1.165, 1.54) is 11.5 Å². The quantitative estimate of drug-likeness (QED) is 0.660. The van der Waals surface area contributed by atoms with Crippen LogP contribution in [-0.2, 0) is 0 Å². The number of hydrogen-bond acceptors (Lipinski definition) is 3. The van der Waals surface area contributed by atoms with E-state index >= 15 is 0 Å². The Morgan fingerprint density at radius 3 is 2.91 bits per heavy atom. The molecule has 0 aliphatic heterocycles. The summed E-state index contributed by atoms with van der Waals surface area (Å²) in [5, 5.41) is 5.01. The number of rotatable bonds is 0. The molecule has 5 heteroatoms. The summed E-state index contributed by atoms with van der Waals surface area (Å²) in [6, 6.07) is 3.46. The molecule has 0 saturated heterocycles. The number of nitrogens with zero attached hydrogens (tertiary/aromatic N) is 2. The SMILES string of the molecule is Clc1cc(Cl)c2nnsc2c1. The molecule has 56 valence electrons. The van der Waals surface area contributed by atoms with Crippen LogP contribution < -0.4 is 0 Å². The van der Waals surface area contributed by atoms with Gasteiger partial charge in [-0.1, -0.05) is 27.7 Å². The first-order valence-electron chi connectivity index (χ1n) is 2.84. The fourth-order valence-electron chi connectivity index (χ4n) is 0.814. The third-order valence-corrected chi connectivity index (χ3v) is 2.45. The highest BCUT2D eigenvalue weighted by molar-refractivity contribution is 7.13. The van der Waals surface area contributed by atoms with Crippen molar-refractivity contribution in [1.29, 1.82) is 0 Å². The van der Waals surface area contributed by atoms with Gasteiger partial charge in [0.05, 0.1) is 9.72 Å². The van der Waals surface area contributed by atoms with Gasteiger partial charge in [-0.25, -0.2) is 0 Å². The third kappa shape index (κ3) is 1.20. The second-order valence-electron chi connectivity index (χ2n) is 2.01. The highest BCUT2D eigenvalue weighted by Crippen LogP contribution is 2.27. The minimum atomic E-state index is 0.557. The van der Waals surface area contributed by atoms with Gasteiger partial charge in [0.1, 0.15) is 5.52 Å². The standard InChI is InChI=1S/C6H2Cl2N2S/c7-3-1-4(8)6-5(2-3)11-10-9-6/h1-2H. The Morgan fingerprint density at radius 1 is 1.27 bits per heavy atom. The molecule has 1 aromatic heterocycles. The fraction of sp³-hybridized carbons (Fsp3) is 0. The van der Waals surface area contributed by atoms with Gasteiger partial charge in [-0.15, -0.1) is 5.10 Å². The van der Waals surface area contributed by atoms with Crippen LogP contribution in [0.3, 0.4) is 0 Å². The molecule has 1 aromatic carbocycles. The average Bonchev–Trinajstić information content (AvgIpc) is 2.34. The summed E-state index contributed by atoms with van der Waals surface area (Å²) >= 11 is 12.9. The van der Waals surface area contributed by atoms with Crippen molar-refractivity contribution < 1.29 is 0 Å². The lowest BCUT2D eigenvalue weighted by molar-refractivity contribution is 1.20. The predicted octanol–water partition coefficient (Wildman–Crippen LogP) is 3.00. The van der Waals surface area contributed by atoms with E-state index in [0.29, 0.717) is 10.0 Å². The Hall–Kier alpha value is -0.380. The Labute approximate surface area is 76.9 Å². The van der Waals surface area contributed by atoms with E-state index in [1.807, 2.05) is 0 Å². The summed E-state index contributed by atoms with van der Waals surface area (Å²) in [5.41, 5.74) is 0.723. The summed E-state index contributed by atoms with van der Waals surface area (Å²) in [7, 11) is 0. The predicted molar refractivity (Wildman–Crippen MR) is 47.4 cm³/mol. The van der Waals surface area contributed by atoms with Crippen LogP contribution in [0, 0.1) is 0 Å². The first kappa shape index (κ1) is 7.28. The number of benzene rings is 1. The molecule has 1 heterocycles. The number of aromatic nitrogens is 2. The van der Waals surface area contributed by atoms with Gasteiger partial charge in [0.15, 0.2) is 0 Å². The van der Waals surface area contributed by atoms with Crippen molar-refractivity contribution in [3.05, 3.63) is 22.2 Å². The van der Waals surface area contributed by atoms with Crippen molar-refractivity contribution in [1.82, 2.24) is 9.59 Å². The Kier molecular flexibility index (Phi) is 1.71. The smallest absolute Gasteiger partial charge is 0.124 e. The lowest BCUT2D eigenvalue weighted by Crippen LogP contribution is -1.71. The zero-order valence-electron chi connectivity index (χ0n) is 5.21. The zero-order chi connectivity index (χ0) is 7.84. The summed E-state index contributed by atoms with van der Waals surface area (Å²) in [4.78, 5) is 0. The maximum Gasteiger partial charge on any atom is 0.124 e. The van der Waals surface area contributed by atoms with Crippen molar-refractivity contribution in [2.24, 2.45) is 0 Å². The molecule has 2 rings (SSSR count). The van der Waals surface area contributed by atoms with Gasteiger partial charge in [-0.3, -0.25) is 0 Å². The van der Waals surface area contributed by atoms with Crippen LogP contribution in [0.15, 0.2) is 12.1 Å². The monoisotopic (exact) mass is 204 g/mol. The van der Waals surface area contributed by atoms with Gasteiger partial charge in [0, 0.05) is 5.02 Å². The normalized spacial score (nSPS) is 10.7. The molecule has 0 radical (unpaired) electrons. The summed E-state index contributed by atoms with van der Waals surface area (Å²) in [6.45, 7) is 0. The molecule has 0 aliphatic carbocycles. The van der Waals surface area contributed by atoms with E-state index in [0.717, 1.165) is 10.2 Å². The molecule has 11 heavy (non-hydrogen) atoms. The molecule has 0 aliphatic rings. The van der Waals surface area contributed by atoms with Gasteiger partial charge in [0.25, 0.3) is 0 Å². The zero-order valence-corrected chi connectivity index (χ0v) is 7.54. The molecule has 0 unspecified atom stereocenters. The molecular weight excluding hydrogens is 203 g/mol. The molecule has 0 N–H and O–H groups in total. The van der Waals surface area contributed by atoms with Crippen LogP contribution in [0.1, 0.15) is 0 Å². The summed E-state index contributed by atoms with van der Waals surface area (Å²) < 4.78 is 4.67. The summed E-state index contributed by atoms with van der Waals surface area (Å²) in [6.07, 6.45) is 0. The number of hydrogen-bond donors (Lipinski definition) is 0. The minimum Gasteiger partial charge on any atom is -0.136 e. The molecule has 0 amide bonds. The highest BCUT2D eigenvalue weighted by atomic mass is 35.5. The second kappa shape index (κ2) is 2.59. The van der Waals surface area contributed by atoms with E-state index in [4.69, 9.17) is 23.2 Å². The number of fused-ring (bicyclic) bond motifs is 1. The highest BCUT2D eigenvalue weighted by Gasteiger charge is 2.03. The van der Waals surface area contributed by atoms with Gasteiger partial charge >= 0.3 is 0 Å². The minimum absolute atomic E-state index is 0.557. The molecule has 0 fully saturated rings. The molecule has 0 spiro atoms. The van der Waals surface area contributed by atoms with E-state index in [2.05, 4.69) is 9.59 Å². The van der Waals surface area contributed by atoms with E-state index in [-0.39, 0.29) is 0 Å². The summed E-state index contributed by atoms with van der Waals surface area (Å²) in [5.74, 6) is 0. The molecule has 0 atom stereocenters. The molecule has 0 bridgehead atoms. The number of halogens is 2. The maximum atomic E-state index is 5.82. The van der Waals surface area contributed by atoms with E-state index < -0.39 is 0 Å². The Bertz CT molecular complexity index is 398. The average molecular weight is 205 g/mol. The van der Waals surface area contributed by atoms with Gasteiger partial charge in [0.2, 0.25) is 0 Å². The lowest BCUT2D eigenvalue weighted by Gasteiger charge is -1.90. The molecular formula is C6H2Cl2N2S. The largest absolute Gasteiger partial charge is 0.136 e. The lowest BCUT2D eigenvalue weighted by atomic mass is 10.3. The van der Waals surface area contributed by atoms with Crippen LogP contribution in [0.25, 0.3) is 10.2 Å².